The van der Waals surface area contributed by atoms with Crippen molar-refractivity contribution < 1.29 is 0 Å². The Kier molecular flexibility index (Phi) is 4.94. The van der Waals surface area contributed by atoms with Gasteiger partial charge in [0.25, 0.3) is 0 Å². The molecule has 96 valence electrons. The van der Waals surface area contributed by atoms with Crippen molar-refractivity contribution in [1.82, 2.24) is 4.98 Å². The van der Waals surface area contributed by atoms with Crippen LogP contribution in [-0.4, -0.2) is 4.98 Å². The molecule has 0 aliphatic rings. The number of hydrogen-bond donors (Lipinski definition) is 0. The van der Waals surface area contributed by atoms with Crippen LogP contribution in [0.15, 0.2) is 36.5 Å². The molecule has 0 unspecified atom stereocenters. The third kappa shape index (κ3) is 4.26. The molecule has 0 fully saturated rings. The SMILES string of the molecule is CC(C)Cc1ncc(CCCc2ccccc2)s1. The molecule has 0 saturated carbocycles. The van der Waals surface area contributed by atoms with Gasteiger partial charge >= 0.3 is 0 Å². The highest BCUT2D eigenvalue weighted by Gasteiger charge is 2.04. The van der Waals surface area contributed by atoms with Gasteiger partial charge in [-0.15, -0.1) is 11.3 Å². The van der Waals surface area contributed by atoms with Crippen LogP contribution in [0.4, 0.5) is 0 Å². The molecule has 0 N–H and O–H groups in total. The van der Waals surface area contributed by atoms with Crippen LogP contribution >= 0.6 is 11.3 Å². The Morgan fingerprint density at radius 1 is 1.11 bits per heavy atom. The van der Waals surface area contributed by atoms with Crippen molar-refractivity contribution >= 4 is 11.3 Å². The van der Waals surface area contributed by atoms with Crippen LogP contribution < -0.4 is 0 Å². The van der Waals surface area contributed by atoms with Crippen LogP contribution in [0.3, 0.4) is 0 Å². The summed E-state index contributed by atoms with van der Waals surface area (Å²) < 4.78 is 0. The molecule has 2 rings (SSSR count). The molecular weight excluding hydrogens is 238 g/mol. The molecular formula is C16H21NS. The molecule has 1 aromatic carbocycles. The molecule has 1 heterocycles. The summed E-state index contributed by atoms with van der Waals surface area (Å²) in [6.07, 6.45) is 6.72. The second-order valence-electron chi connectivity index (χ2n) is 5.16. The summed E-state index contributed by atoms with van der Waals surface area (Å²) in [6.45, 7) is 4.49. The number of nitrogens with zero attached hydrogens (tertiary/aromatic N) is 1. The molecule has 0 atom stereocenters. The van der Waals surface area contributed by atoms with Crippen molar-refractivity contribution in [3.05, 3.63) is 52.0 Å². The Bertz CT molecular complexity index is 459. The predicted octanol–water partition coefficient (Wildman–Crippen LogP) is 4.52. The Morgan fingerprint density at radius 2 is 1.89 bits per heavy atom. The third-order valence-electron chi connectivity index (χ3n) is 2.92. The van der Waals surface area contributed by atoms with Crippen LogP contribution in [-0.2, 0) is 19.3 Å². The van der Waals surface area contributed by atoms with E-state index < -0.39 is 0 Å². The fraction of sp³-hybridized carbons (Fsp3) is 0.438. The van der Waals surface area contributed by atoms with Gasteiger partial charge in [-0.25, -0.2) is 4.98 Å². The van der Waals surface area contributed by atoms with Crippen molar-refractivity contribution in [2.45, 2.75) is 39.5 Å². The Hall–Kier alpha value is -1.15. The maximum Gasteiger partial charge on any atom is 0.0930 e. The lowest BCUT2D eigenvalue weighted by Crippen LogP contribution is -1.91. The summed E-state index contributed by atoms with van der Waals surface area (Å²) in [6, 6.07) is 10.7. The maximum atomic E-state index is 4.50. The number of benzene rings is 1. The maximum absolute atomic E-state index is 4.50. The summed E-state index contributed by atoms with van der Waals surface area (Å²) >= 11 is 1.89. The largest absolute Gasteiger partial charge is 0.249 e. The van der Waals surface area contributed by atoms with Gasteiger partial charge in [-0.1, -0.05) is 44.2 Å². The zero-order valence-electron chi connectivity index (χ0n) is 11.2. The molecule has 0 aliphatic heterocycles. The number of aryl methyl sites for hydroxylation is 2. The van der Waals surface area contributed by atoms with Crippen molar-refractivity contribution in [2.75, 3.05) is 0 Å². The van der Waals surface area contributed by atoms with Gasteiger partial charge in [0.05, 0.1) is 5.01 Å². The van der Waals surface area contributed by atoms with Gasteiger partial charge in [0.1, 0.15) is 0 Å². The fourth-order valence-corrected chi connectivity index (χ4v) is 3.20. The molecule has 0 aliphatic carbocycles. The van der Waals surface area contributed by atoms with Crippen LogP contribution in [0.1, 0.15) is 35.7 Å². The van der Waals surface area contributed by atoms with Crippen LogP contribution in [0.25, 0.3) is 0 Å². The van der Waals surface area contributed by atoms with E-state index in [9.17, 15) is 0 Å². The second-order valence-corrected chi connectivity index (χ2v) is 6.36. The molecule has 2 heteroatoms. The van der Waals surface area contributed by atoms with Crippen molar-refractivity contribution in [3.8, 4) is 0 Å². The van der Waals surface area contributed by atoms with Crippen LogP contribution in [0, 0.1) is 5.92 Å². The van der Waals surface area contributed by atoms with Crippen molar-refractivity contribution in [2.24, 2.45) is 5.92 Å². The topological polar surface area (TPSA) is 12.9 Å². The lowest BCUT2D eigenvalue weighted by Gasteiger charge is -2.00. The molecule has 1 nitrogen and oxygen atoms in total. The number of rotatable bonds is 6. The van der Waals surface area contributed by atoms with Gasteiger partial charge in [-0.05, 0) is 30.7 Å². The smallest absolute Gasteiger partial charge is 0.0930 e. The van der Waals surface area contributed by atoms with Gasteiger partial charge in [0.2, 0.25) is 0 Å². The minimum atomic E-state index is 0.702. The zero-order valence-corrected chi connectivity index (χ0v) is 12.0. The quantitative estimate of drug-likeness (QED) is 0.743. The lowest BCUT2D eigenvalue weighted by atomic mass is 10.1. The Labute approximate surface area is 114 Å². The Balaban J connectivity index is 1.78. The first-order chi connectivity index (χ1) is 8.74. The first-order valence-corrected chi connectivity index (χ1v) is 7.53. The van der Waals surface area contributed by atoms with E-state index >= 15 is 0 Å². The van der Waals surface area contributed by atoms with E-state index in [-0.39, 0.29) is 0 Å². The average Bonchev–Trinajstić information content (AvgIpc) is 2.77. The summed E-state index contributed by atoms with van der Waals surface area (Å²) in [5.41, 5.74) is 1.43. The molecule has 0 radical (unpaired) electrons. The number of aromatic nitrogens is 1. The summed E-state index contributed by atoms with van der Waals surface area (Å²) in [7, 11) is 0. The van der Waals surface area contributed by atoms with E-state index in [1.807, 2.05) is 11.3 Å². The van der Waals surface area contributed by atoms with Crippen molar-refractivity contribution in [3.63, 3.8) is 0 Å². The zero-order chi connectivity index (χ0) is 12.8. The van der Waals surface area contributed by atoms with E-state index in [0.29, 0.717) is 5.92 Å². The second kappa shape index (κ2) is 6.69. The molecule has 0 saturated heterocycles. The van der Waals surface area contributed by atoms with E-state index in [0.717, 1.165) is 19.3 Å². The third-order valence-corrected chi connectivity index (χ3v) is 4.00. The molecule has 18 heavy (non-hydrogen) atoms. The van der Waals surface area contributed by atoms with Gasteiger partial charge < -0.3 is 0 Å². The Morgan fingerprint density at radius 3 is 2.61 bits per heavy atom. The monoisotopic (exact) mass is 259 g/mol. The van der Waals surface area contributed by atoms with Gasteiger partial charge in [0.15, 0.2) is 0 Å². The fourth-order valence-electron chi connectivity index (χ4n) is 2.02. The predicted molar refractivity (Wildman–Crippen MR) is 79.1 cm³/mol. The minimum absolute atomic E-state index is 0.702. The van der Waals surface area contributed by atoms with Crippen molar-refractivity contribution in [1.29, 1.82) is 0 Å². The van der Waals surface area contributed by atoms with Crippen LogP contribution in [0.2, 0.25) is 0 Å². The summed E-state index contributed by atoms with van der Waals surface area (Å²) in [4.78, 5) is 5.93. The molecule has 0 spiro atoms. The van der Waals surface area contributed by atoms with Gasteiger partial charge in [0, 0.05) is 17.5 Å². The van der Waals surface area contributed by atoms with E-state index in [2.05, 4.69) is 55.4 Å². The lowest BCUT2D eigenvalue weighted by molar-refractivity contribution is 0.644. The van der Waals surface area contributed by atoms with E-state index in [1.165, 1.54) is 21.9 Å². The van der Waals surface area contributed by atoms with Crippen LogP contribution in [0.5, 0.6) is 0 Å². The highest BCUT2D eigenvalue weighted by Crippen LogP contribution is 2.18. The van der Waals surface area contributed by atoms with Gasteiger partial charge in [-0.3, -0.25) is 0 Å². The average molecular weight is 259 g/mol. The standard InChI is InChI=1S/C16H21NS/c1-13(2)11-16-17-12-15(18-16)10-6-9-14-7-4-3-5-8-14/h3-5,7-8,12-13H,6,9-11H2,1-2H3. The summed E-state index contributed by atoms with van der Waals surface area (Å²) in [5.74, 6) is 0.702. The molecule has 0 amide bonds. The first kappa shape index (κ1) is 13.3. The molecule has 0 bridgehead atoms. The number of hydrogen-bond acceptors (Lipinski definition) is 2. The normalized spacial score (nSPS) is 11.1. The van der Waals surface area contributed by atoms with Gasteiger partial charge in [-0.2, -0.15) is 0 Å². The molecule has 2 aromatic rings. The van der Waals surface area contributed by atoms with E-state index in [4.69, 9.17) is 0 Å². The highest BCUT2D eigenvalue weighted by atomic mass is 32.1. The minimum Gasteiger partial charge on any atom is -0.249 e. The first-order valence-electron chi connectivity index (χ1n) is 6.71. The van der Waals surface area contributed by atoms with E-state index in [1.54, 1.807) is 0 Å². The summed E-state index contributed by atoms with van der Waals surface area (Å²) in [5, 5.41) is 1.29. The molecule has 1 aromatic heterocycles. The number of thiazole rings is 1. The highest BCUT2D eigenvalue weighted by molar-refractivity contribution is 7.11.